The molecule has 0 radical (unpaired) electrons. The quantitative estimate of drug-likeness (QED) is 0.714. The first-order valence-corrected chi connectivity index (χ1v) is 7.87. The monoisotopic (exact) mass is 329 g/mol. The van der Waals surface area contributed by atoms with Crippen molar-refractivity contribution < 1.29 is 9.82 Å². The van der Waals surface area contributed by atoms with Crippen LogP contribution in [-0.4, -0.2) is 18.3 Å². The summed E-state index contributed by atoms with van der Waals surface area (Å²) in [6, 6.07) is 4.92. The van der Waals surface area contributed by atoms with E-state index >= 15 is 0 Å². The summed E-state index contributed by atoms with van der Waals surface area (Å²) in [5.74, 6) is 0.339. The predicted octanol–water partition coefficient (Wildman–Crippen LogP) is 1.48. The highest BCUT2D eigenvalue weighted by molar-refractivity contribution is 6.99. The Morgan fingerprint density at radius 3 is 3.00 bits per heavy atom. The SMILES string of the molecule is Cc1nsnc1-c1nc2cccc(F)c2n1CC1=CC=C[NH2+]N1. The van der Waals surface area contributed by atoms with E-state index < -0.39 is 0 Å². The molecular formula is C15H14FN6S+. The molecule has 0 unspecified atom stereocenters. The van der Waals surface area contributed by atoms with E-state index in [1.54, 1.807) is 6.07 Å². The maximum Gasteiger partial charge on any atom is 0.163 e. The van der Waals surface area contributed by atoms with Gasteiger partial charge in [-0.3, -0.25) is 0 Å². The van der Waals surface area contributed by atoms with E-state index in [0.717, 1.165) is 23.1 Å². The Bertz CT molecular complexity index is 939. The highest BCUT2D eigenvalue weighted by atomic mass is 32.1. The first-order chi connectivity index (χ1) is 11.2. The van der Waals surface area contributed by atoms with Crippen molar-refractivity contribution in [2.24, 2.45) is 0 Å². The number of nitrogens with zero attached hydrogens (tertiary/aromatic N) is 4. The summed E-state index contributed by atoms with van der Waals surface area (Å²) < 4.78 is 24.8. The Morgan fingerprint density at radius 1 is 1.35 bits per heavy atom. The number of hydrogen-bond donors (Lipinski definition) is 2. The van der Waals surface area contributed by atoms with E-state index in [9.17, 15) is 4.39 Å². The maximum absolute atomic E-state index is 14.4. The van der Waals surface area contributed by atoms with Gasteiger partial charge in [0.05, 0.1) is 35.2 Å². The number of allylic oxidation sites excluding steroid dienone is 3. The molecule has 1 aromatic carbocycles. The largest absolute Gasteiger partial charge is 0.314 e. The number of rotatable bonds is 3. The summed E-state index contributed by atoms with van der Waals surface area (Å²) in [6.45, 7) is 2.36. The van der Waals surface area contributed by atoms with Crippen LogP contribution in [0.1, 0.15) is 5.69 Å². The molecule has 1 aliphatic heterocycles. The lowest BCUT2D eigenvalue weighted by Gasteiger charge is -2.13. The van der Waals surface area contributed by atoms with Crippen molar-refractivity contribution in [2.75, 3.05) is 0 Å². The van der Waals surface area contributed by atoms with Gasteiger partial charge in [-0.05, 0) is 31.2 Å². The Balaban J connectivity index is 1.93. The van der Waals surface area contributed by atoms with Gasteiger partial charge < -0.3 is 4.57 Å². The Kier molecular flexibility index (Phi) is 3.40. The third-order valence-electron chi connectivity index (χ3n) is 3.68. The third-order valence-corrected chi connectivity index (χ3v) is 4.30. The van der Waals surface area contributed by atoms with E-state index in [4.69, 9.17) is 0 Å². The molecule has 0 spiro atoms. The van der Waals surface area contributed by atoms with E-state index in [1.807, 2.05) is 41.3 Å². The van der Waals surface area contributed by atoms with Gasteiger partial charge in [0.25, 0.3) is 0 Å². The minimum atomic E-state index is -0.293. The molecule has 3 heterocycles. The van der Waals surface area contributed by atoms with E-state index in [2.05, 4.69) is 19.2 Å². The second-order valence-corrected chi connectivity index (χ2v) is 5.74. The van der Waals surface area contributed by atoms with Gasteiger partial charge in [-0.25, -0.2) is 20.2 Å². The maximum atomic E-state index is 14.4. The number of para-hydroxylation sites is 1. The fourth-order valence-corrected chi connectivity index (χ4v) is 3.16. The number of nitrogens with one attached hydrogen (secondary N) is 1. The zero-order valence-electron chi connectivity index (χ0n) is 12.3. The van der Waals surface area contributed by atoms with Crippen molar-refractivity contribution in [3.63, 3.8) is 0 Å². The normalized spacial score (nSPS) is 14.1. The number of imidazole rings is 1. The molecule has 23 heavy (non-hydrogen) atoms. The molecule has 0 bridgehead atoms. The van der Waals surface area contributed by atoms with Crippen LogP contribution in [0, 0.1) is 12.7 Å². The van der Waals surface area contributed by atoms with Gasteiger partial charge >= 0.3 is 0 Å². The van der Waals surface area contributed by atoms with Crippen molar-refractivity contribution >= 4 is 22.8 Å². The van der Waals surface area contributed by atoms with Gasteiger partial charge in [0.1, 0.15) is 23.2 Å². The van der Waals surface area contributed by atoms with Crippen LogP contribution < -0.4 is 10.9 Å². The average molecular weight is 329 g/mol. The van der Waals surface area contributed by atoms with Gasteiger partial charge in [-0.1, -0.05) is 6.07 Å². The molecule has 6 nitrogen and oxygen atoms in total. The molecule has 0 fully saturated rings. The Morgan fingerprint density at radius 2 is 2.26 bits per heavy atom. The van der Waals surface area contributed by atoms with Crippen LogP contribution in [0.5, 0.6) is 0 Å². The second-order valence-electron chi connectivity index (χ2n) is 5.22. The number of halogens is 1. The third kappa shape index (κ3) is 2.41. The molecule has 0 atom stereocenters. The molecule has 0 aliphatic carbocycles. The number of hydrogen-bond acceptors (Lipinski definition) is 5. The summed E-state index contributed by atoms with van der Waals surface area (Å²) in [4.78, 5) is 4.59. The topological polar surface area (TPSA) is 72.2 Å². The van der Waals surface area contributed by atoms with Gasteiger partial charge in [0.15, 0.2) is 5.82 Å². The lowest BCUT2D eigenvalue weighted by molar-refractivity contribution is -0.643. The number of quaternary nitrogens is 1. The predicted molar refractivity (Wildman–Crippen MR) is 85.6 cm³/mol. The van der Waals surface area contributed by atoms with Crippen molar-refractivity contribution in [1.29, 1.82) is 0 Å². The molecular weight excluding hydrogens is 315 g/mol. The molecule has 3 N–H and O–H groups in total. The van der Waals surface area contributed by atoms with Crippen LogP contribution in [0.25, 0.3) is 22.6 Å². The fourth-order valence-electron chi connectivity index (χ4n) is 2.61. The first-order valence-electron chi connectivity index (χ1n) is 7.14. The van der Waals surface area contributed by atoms with Gasteiger partial charge in [0.2, 0.25) is 0 Å². The molecule has 0 saturated heterocycles. The molecule has 0 saturated carbocycles. The zero-order chi connectivity index (χ0) is 15.8. The standard InChI is InChI=1S/C15H13FN6S/c1-9-13(21-23-20-9)15-18-12-6-2-5-11(16)14(12)22(15)8-10-4-3-7-17-19-10/h2-7,17,19H,8H2,1H3/p+1. The summed E-state index contributed by atoms with van der Waals surface area (Å²) in [5.41, 5.74) is 8.56. The van der Waals surface area contributed by atoms with Crippen LogP contribution in [0.15, 0.2) is 42.2 Å². The van der Waals surface area contributed by atoms with Crippen LogP contribution >= 0.6 is 11.7 Å². The summed E-state index contributed by atoms with van der Waals surface area (Å²) in [7, 11) is 0. The molecule has 1 aliphatic rings. The smallest absolute Gasteiger partial charge is 0.163 e. The molecule has 2 aromatic heterocycles. The van der Waals surface area contributed by atoms with E-state index in [1.165, 1.54) is 6.07 Å². The minimum Gasteiger partial charge on any atom is -0.314 e. The van der Waals surface area contributed by atoms with Crippen molar-refractivity contribution in [2.45, 2.75) is 13.5 Å². The molecule has 4 rings (SSSR count). The Hall–Kier alpha value is -2.58. The van der Waals surface area contributed by atoms with Gasteiger partial charge in [-0.15, -0.1) is 0 Å². The molecule has 116 valence electrons. The van der Waals surface area contributed by atoms with E-state index in [-0.39, 0.29) is 5.82 Å². The van der Waals surface area contributed by atoms with Crippen LogP contribution in [0.4, 0.5) is 4.39 Å². The molecule has 0 amide bonds. The first kappa shape index (κ1) is 14.0. The van der Waals surface area contributed by atoms with Crippen molar-refractivity contribution in [1.82, 2.24) is 23.7 Å². The van der Waals surface area contributed by atoms with Crippen molar-refractivity contribution in [3.05, 3.63) is 53.8 Å². The number of aromatic nitrogens is 4. The van der Waals surface area contributed by atoms with Crippen LogP contribution in [0.3, 0.4) is 0 Å². The van der Waals surface area contributed by atoms with Crippen LogP contribution in [-0.2, 0) is 6.54 Å². The average Bonchev–Trinajstić information content (AvgIpc) is 3.13. The zero-order valence-corrected chi connectivity index (χ0v) is 13.1. The molecule has 8 heteroatoms. The summed E-state index contributed by atoms with van der Waals surface area (Å²) >= 11 is 1.14. The number of fused-ring (bicyclic) bond motifs is 1. The summed E-state index contributed by atoms with van der Waals surface area (Å²) in [5, 5.41) is 0. The number of nitrogens with two attached hydrogens (primary N) is 1. The minimum absolute atomic E-state index is 0.293. The van der Waals surface area contributed by atoms with Crippen LogP contribution in [0.2, 0.25) is 0 Å². The lowest BCUT2D eigenvalue weighted by Crippen LogP contribution is -2.88. The highest BCUT2D eigenvalue weighted by Gasteiger charge is 2.20. The number of aryl methyl sites for hydroxylation is 1. The molecule has 3 aromatic rings. The summed E-state index contributed by atoms with van der Waals surface area (Å²) in [6.07, 6.45) is 5.81. The lowest BCUT2D eigenvalue weighted by atomic mass is 10.3. The number of benzene rings is 1. The van der Waals surface area contributed by atoms with Crippen molar-refractivity contribution in [3.8, 4) is 11.5 Å². The second kappa shape index (κ2) is 5.56. The van der Waals surface area contributed by atoms with Gasteiger partial charge in [-0.2, -0.15) is 8.75 Å². The Labute approximate surface area is 135 Å². The van der Waals surface area contributed by atoms with E-state index in [0.29, 0.717) is 29.1 Å². The highest BCUT2D eigenvalue weighted by Crippen LogP contribution is 2.28. The van der Waals surface area contributed by atoms with Gasteiger partial charge in [0, 0.05) is 0 Å². The fraction of sp³-hybridized carbons (Fsp3) is 0.133.